The number of ether oxygens (including phenoxy) is 2. The summed E-state index contributed by atoms with van der Waals surface area (Å²) in [5, 5.41) is 4.44. The first kappa shape index (κ1) is 16.0. The van der Waals surface area contributed by atoms with E-state index in [4.69, 9.17) is 32.7 Å². The summed E-state index contributed by atoms with van der Waals surface area (Å²) in [6.45, 7) is 0. The molecule has 3 nitrogen and oxygen atoms in total. The van der Waals surface area contributed by atoms with Crippen LogP contribution in [0.15, 0.2) is 36.4 Å². The van der Waals surface area contributed by atoms with Crippen LogP contribution in [0, 0.1) is 0 Å². The highest BCUT2D eigenvalue weighted by molar-refractivity contribution is 6.33. The summed E-state index contributed by atoms with van der Waals surface area (Å²) >= 11 is 12.3. The molecule has 0 saturated carbocycles. The molecule has 1 atom stereocenters. The molecule has 0 aliphatic carbocycles. The van der Waals surface area contributed by atoms with Crippen molar-refractivity contribution in [2.45, 2.75) is 6.04 Å². The molecule has 0 aromatic heterocycles. The molecule has 0 amide bonds. The second kappa shape index (κ2) is 7.03. The van der Waals surface area contributed by atoms with Crippen LogP contribution in [-0.2, 0) is 0 Å². The Kier molecular flexibility index (Phi) is 5.34. The second-order valence-electron chi connectivity index (χ2n) is 4.48. The standard InChI is InChI=1S/C16H17Cl2NO2/c1-19-15(10-4-6-11(17)7-5-10)12-8-9-13(20-2)14(18)16(12)21-3/h4-9,15,19H,1-3H3. The van der Waals surface area contributed by atoms with E-state index in [1.807, 2.05) is 43.4 Å². The molecule has 2 aromatic carbocycles. The molecular weight excluding hydrogens is 309 g/mol. The molecule has 0 heterocycles. The van der Waals surface area contributed by atoms with Gasteiger partial charge in [-0.1, -0.05) is 35.3 Å². The van der Waals surface area contributed by atoms with E-state index in [2.05, 4.69) is 5.32 Å². The molecule has 1 unspecified atom stereocenters. The number of halogens is 2. The van der Waals surface area contributed by atoms with E-state index in [0.29, 0.717) is 21.5 Å². The maximum atomic E-state index is 6.33. The summed E-state index contributed by atoms with van der Waals surface area (Å²) in [6, 6.07) is 11.4. The topological polar surface area (TPSA) is 30.5 Å². The summed E-state index contributed by atoms with van der Waals surface area (Å²) in [4.78, 5) is 0. The van der Waals surface area contributed by atoms with E-state index < -0.39 is 0 Å². The lowest BCUT2D eigenvalue weighted by Gasteiger charge is -2.21. The Hall–Kier alpha value is -1.42. The minimum atomic E-state index is -0.0550. The van der Waals surface area contributed by atoms with Gasteiger partial charge in [0.05, 0.1) is 20.3 Å². The third kappa shape index (κ3) is 3.26. The zero-order valence-corrected chi connectivity index (χ0v) is 13.6. The molecule has 21 heavy (non-hydrogen) atoms. The molecule has 0 fully saturated rings. The van der Waals surface area contributed by atoms with Gasteiger partial charge < -0.3 is 14.8 Å². The predicted octanol–water partition coefficient (Wildman–Crippen LogP) is 4.32. The first-order valence-electron chi connectivity index (χ1n) is 6.45. The van der Waals surface area contributed by atoms with Gasteiger partial charge in [-0.2, -0.15) is 0 Å². The minimum absolute atomic E-state index is 0.0550. The van der Waals surface area contributed by atoms with Crippen LogP contribution >= 0.6 is 23.2 Å². The van der Waals surface area contributed by atoms with E-state index in [9.17, 15) is 0 Å². The monoisotopic (exact) mass is 325 g/mol. The summed E-state index contributed by atoms with van der Waals surface area (Å²) in [6.07, 6.45) is 0. The largest absolute Gasteiger partial charge is 0.495 e. The second-order valence-corrected chi connectivity index (χ2v) is 5.29. The van der Waals surface area contributed by atoms with Crippen LogP contribution in [0.1, 0.15) is 17.2 Å². The van der Waals surface area contributed by atoms with Crippen LogP contribution in [0.5, 0.6) is 11.5 Å². The molecular formula is C16H17Cl2NO2. The van der Waals surface area contributed by atoms with E-state index in [1.54, 1.807) is 14.2 Å². The van der Waals surface area contributed by atoms with Crippen LogP contribution in [0.25, 0.3) is 0 Å². The highest BCUT2D eigenvalue weighted by atomic mass is 35.5. The summed E-state index contributed by atoms with van der Waals surface area (Å²) in [5.41, 5.74) is 2.01. The Bertz CT molecular complexity index is 614. The number of benzene rings is 2. The lowest BCUT2D eigenvalue weighted by atomic mass is 9.97. The number of hydrogen-bond acceptors (Lipinski definition) is 3. The van der Waals surface area contributed by atoms with E-state index >= 15 is 0 Å². The summed E-state index contributed by atoms with van der Waals surface area (Å²) in [5.74, 6) is 1.19. The molecule has 112 valence electrons. The van der Waals surface area contributed by atoms with Gasteiger partial charge in [-0.15, -0.1) is 0 Å². The maximum Gasteiger partial charge on any atom is 0.146 e. The minimum Gasteiger partial charge on any atom is -0.495 e. The molecule has 0 radical (unpaired) electrons. The Labute approximate surface area is 134 Å². The van der Waals surface area contributed by atoms with Crippen molar-refractivity contribution in [3.8, 4) is 11.5 Å². The van der Waals surface area contributed by atoms with Crippen molar-refractivity contribution in [3.63, 3.8) is 0 Å². The van der Waals surface area contributed by atoms with Gasteiger partial charge in [-0.25, -0.2) is 0 Å². The van der Waals surface area contributed by atoms with Crippen LogP contribution in [0.3, 0.4) is 0 Å². The number of hydrogen-bond donors (Lipinski definition) is 1. The fourth-order valence-corrected chi connectivity index (χ4v) is 2.75. The maximum absolute atomic E-state index is 6.33. The van der Waals surface area contributed by atoms with Crippen molar-refractivity contribution in [1.82, 2.24) is 5.32 Å². The highest BCUT2D eigenvalue weighted by Crippen LogP contribution is 2.41. The third-order valence-corrected chi connectivity index (χ3v) is 3.93. The first-order valence-corrected chi connectivity index (χ1v) is 7.21. The number of rotatable bonds is 5. The van der Waals surface area contributed by atoms with Crippen LogP contribution < -0.4 is 14.8 Å². The SMILES string of the molecule is CNC(c1ccc(Cl)cc1)c1ccc(OC)c(Cl)c1OC. The first-order chi connectivity index (χ1) is 10.1. The average molecular weight is 326 g/mol. The van der Waals surface area contributed by atoms with Gasteiger partial charge in [0, 0.05) is 10.6 Å². The molecule has 0 aliphatic rings. The summed E-state index contributed by atoms with van der Waals surface area (Å²) < 4.78 is 10.7. The zero-order valence-electron chi connectivity index (χ0n) is 12.1. The van der Waals surface area contributed by atoms with Crippen molar-refractivity contribution in [3.05, 3.63) is 57.6 Å². The van der Waals surface area contributed by atoms with Crippen LogP contribution in [0.2, 0.25) is 10.0 Å². The van der Waals surface area contributed by atoms with Gasteiger partial charge in [-0.05, 0) is 36.9 Å². The smallest absolute Gasteiger partial charge is 0.146 e. The molecule has 0 saturated heterocycles. The van der Waals surface area contributed by atoms with Gasteiger partial charge in [0.2, 0.25) is 0 Å². The van der Waals surface area contributed by atoms with Crippen molar-refractivity contribution < 1.29 is 9.47 Å². The molecule has 5 heteroatoms. The van der Waals surface area contributed by atoms with Crippen molar-refractivity contribution in [2.75, 3.05) is 21.3 Å². The Morgan fingerprint density at radius 1 is 0.952 bits per heavy atom. The van der Waals surface area contributed by atoms with E-state index in [0.717, 1.165) is 11.1 Å². The van der Waals surface area contributed by atoms with Gasteiger partial charge in [0.15, 0.2) is 0 Å². The Morgan fingerprint density at radius 2 is 1.62 bits per heavy atom. The molecule has 1 N–H and O–H groups in total. The van der Waals surface area contributed by atoms with E-state index in [-0.39, 0.29) is 6.04 Å². The van der Waals surface area contributed by atoms with Gasteiger partial charge in [0.25, 0.3) is 0 Å². The quantitative estimate of drug-likeness (QED) is 0.888. The molecule has 0 bridgehead atoms. The fourth-order valence-electron chi connectivity index (χ4n) is 2.30. The predicted molar refractivity (Wildman–Crippen MR) is 86.9 cm³/mol. The average Bonchev–Trinajstić information content (AvgIpc) is 2.50. The number of methoxy groups -OCH3 is 2. The lowest BCUT2D eigenvalue weighted by molar-refractivity contribution is 0.388. The van der Waals surface area contributed by atoms with Gasteiger partial charge in [-0.3, -0.25) is 0 Å². The number of nitrogens with one attached hydrogen (secondary N) is 1. The fraction of sp³-hybridized carbons (Fsp3) is 0.250. The summed E-state index contributed by atoms with van der Waals surface area (Å²) in [7, 11) is 5.06. The molecule has 2 aromatic rings. The zero-order chi connectivity index (χ0) is 15.4. The van der Waals surface area contributed by atoms with E-state index in [1.165, 1.54) is 0 Å². The third-order valence-electron chi connectivity index (χ3n) is 3.32. The van der Waals surface area contributed by atoms with Crippen molar-refractivity contribution in [1.29, 1.82) is 0 Å². The molecule has 0 spiro atoms. The molecule has 0 aliphatic heterocycles. The van der Waals surface area contributed by atoms with Crippen LogP contribution in [0.4, 0.5) is 0 Å². The highest BCUT2D eigenvalue weighted by Gasteiger charge is 2.21. The van der Waals surface area contributed by atoms with Gasteiger partial charge in [0.1, 0.15) is 16.5 Å². The van der Waals surface area contributed by atoms with Crippen molar-refractivity contribution in [2.24, 2.45) is 0 Å². The Balaban J connectivity index is 2.52. The normalized spacial score (nSPS) is 12.0. The van der Waals surface area contributed by atoms with Crippen LogP contribution in [-0.4, -0.2) is 21.3 Å². The lowest BCUT2D eigenvalue weighted by Crippen LogP contribution is -2.18. The van der Waals surface area contributed by atoms with Crippen molar-refractivity contribution >= 4 is 23.2 Å². The Morgan fingerprint density at radius 3 is 2.14 bits per heavy atom. The van der Waals surface area contributed by atoms with Gasteiger partial charge >= 0.3 is 0 Å². The molecule has 2 rings (SSSR count).